The van der Waals surface area contributed by atoms with Crippen LogP contribution in [0.25, 0.3) is 0 Å². The fourth-order valence-corrected chi connectivity index (χ4v) is 2.79. The van der Waals surface area contributed by atoms with Crippen LogP contribution in [0, 0.1) is 5.82 Å². The van der Waals surface area contributed by atoms with Gasteiger partial charge in [-0.05, 0) is 29.8 Å². The molecule has 1 amide bonds. The van der Waals surface area contributed by atoms with E-state index in [0.29, 0.717) is 17.1 Å². The van der Waals surface area contributed by atoms with Gasteiger partial charge in [-0.15, -0.1) is 0 Å². The predicted molar refractivity (Wildman–Crippen MR) is 82.2 cm³/mol. The Morgan fingerprint density at radius 2 is 2.05 bits per heavy atom. The molecule has 108 valence electrons. The van der Waals surface area contributed by atoms with Crippen molar-refractivity contribution in [2.75, 3.05) is 17.3 Å². The summed E-state index contributed by atoms with van der Waals surface area (Å²) in [5.41, 5.74) is 2.53. The molecule has 0 saturated heterocycles. The minimum atomic E-state index is -0.384. The van der Waals surface area contributed by atoms with Crippen LogP contribution in [0.15, 0.2) is 42.5 Å². The van der Waals surface area contributed by atoms with E-state index in [0.717, 1.165) is 11.3 Å². The summed E-state index contributed by atoms with van der Waals surface area (Å²) in [6.07, 6.45) is 0.335. The quantitative estimate of drug-likeness (QED) is 0.909. The Kier molecular flexibility index (Phi) is 3.55. The Hall–Kier alpha value is -2.07. The molecule has 0 aliphatic carbocycles. The second-order valence-corrected chi connectivity index (χ2v) is 5.44. The minimum absolute atomic E-state index is 0.0319. The van der Waals surface area contributed by atoms with Gasteiger partial charge < -0.3 is 10.2 Å². The van der Waals surface area contributed by atoms with Gasteiger partial charge in [0, 0.05) is 12.7 Å². The van der Waals surface area contributed by atoms with Crippen molar-refractivity contribution >= 4 is 28.9 Å². The molecule has 21 heavy (non-hydrogen) atoms. The highest BCUT2D eigenvalue weighted by molar-refractivity contribution is 6.33. The first kappa shape index (κ1) is 13.9. The number of hydrogen-bond donors (Lipinski definition) is 1. The number of rotatable bonds is 2. The summed E-state index contributed by atoms with van der Waals surface area (Å²) in [6, 6.07) is 11.7. The monoisotopic (exact) mass is 304 g/mol. The van der Waals surface area contributed by atoms with E-state index in [-0.39, 0.29) is 17.8 Å². The third-order valence-corrected chi connectivity index (χ3v) is 4.00. The fourth-order valence-electron chi connectivity index (χ4n) is 2.57. The number of nitrogens with one attached hydrogen (secondary N) is 1. The second kappa shape index (κ2) is 5.37. The van der Waals surface area contributed by atoms with Crippen LogP contribution in [0.1, 0.15) is 18.0 Å². The van der Waals surface area contributed by atoms with E-state index >= 15 is 0 Å². The summed E-state index contributed by atoms with van der Waals surface area (Å²) in [7, 11) is 1.77. The Balaban J connectivity index is 1.96. The van der Waals surface area contributed by atoms with Crippen LogP contribution < -0.4 is 10.2 Å². The van der Waals surface area contributed by atoms with E-state index in [2.05, 4.69) is 5.32 Å². The summed E-state index contributed by atoms with van der Waals surface area (Å²) in [5, 5.41) is 3.54. The van der Waals surface area contributed by atoms with Crippen LogP contribution in [0.4, 0.5) is 15.8 Å². The zero-order chi connectivity index (χ0) is 15.0. The Bertz CT molecular complexity index is 704. The molecule has 3 nitrogen and oxygen atoms in total. The van der Waals surface area contributed by atoms with Gasteiger partial charge in [-0.1, -0.05) is 29.8 Å². The molecule has 1 heterocycles. The van der Waals surface area contributed by atoms with Crippen molar-refractivity contribution < 1.29 is 9.18 Å². The molecule has 1 aliphatic heterocycles. The van der Waals surface area contributed by atoms with Gasteiger partial charge in [0.1, 0.15) is 5.82 Å². The second-order valence-electron chi connectivity index (χ2n) is 5.04. The molecule has 1 N–H and O–H groups in total. The average molecular weight is 305 g/mol. The van der Waals surface area contributed by atoms with Crippen molar-refractivity contribution in [3.05, 3.63) is 58.9 Å². The number of anilines is 2. The number of nitrogens with zero attached hydrogens (tertiary/aromatic N) is 1. The van der Waals surface area contributed by atoms with Gasteiger partial charge in [0.2, 0.25) is 5.91 Å². The van der Waals surface area contributed by atoms with Crippen molar-refractivity contribution in [3.8, 4) is 0 Å². The van der Waals surface area contributed by atoms with E-state index in [4.69, 9.17) is 11.6 Å². The molecule has 0 spiro atoms. The van der Waals surface area contributed by atoms with Crippen LogP contribution in [-0.4, -0.2) is 13.0 Å². The van der Waals surface area contributed by atoms with Crippen LogP contribution in [0.2, 0.25) is 5.02 Å². The normalized spacial score (nSPS) is 17.6. The topological polar surface area (TPSA) is 32.3 Å². The minimum Gasteiger partial charge on any atom is -0.376 e. The number of carbonyl (C=O) groups excluding carboxylic acids is 1. The van der Waals surface area contributed by atoms with Crippen LogP contribution in [0.3, 0.4) is 0 Å². The van der Waals surface area contributed by atoms with Gasteiger partial charge in [-0.3, -0.25) is 4.79 Å². The number of hydrogen-bond acceptors (Lipinski definition) is 2. The van der Waals surface area contributed by atoms with Crippen molar-refractivity contribution in [1.82, 2.24) is 0 Å². The van der Waals surface area contributed by atoms with E-state index in [1.165, 1.54) is 12.1 Å². The molecule has 1 atom stereocenters. The number of carbonyl (C=O) groups is 1. The SMILES string of the molecule is CN1C(=O)CC(Nc2ccc(F)cc2Cl)c2ccccc21. The summed E-state index contributed by atoms with van der Waals surface area (Å²) < 4.78 is 13.1. The van der Waals surface area contributed by atoms with Crippen molar-refractivity contribution in [2.24, 2.45) is 0 Å². The third-order valence-electron chi connectivity index (χ3n) is 3.69. The van der Waals surface area contributed by atoms with Crippen LogP contribution in [-0.2, 0) is 4.79 Å². The van der Waals surface area contributed by atoms with Crippen LogP contribution in [0.5, 0.6) is 0 Å². The Morgan fingerprint density at radius 1 is 1.29 bits per heavy atom. The highest BCUT2D eigenvalue weighted by Crippen LogP contribution is 2.37. The molecule has 1 aliphatic rings. The maximum atomic E-state index is 13.1. The van der Waals surface area contributed by atoms with Crippen molar-refractivity contribution in [3.63, 3.8) is 0 Å². The van der Waals surface area contributed by atoms with Crippen LogP contribution >= 0.6 is 11.6 Å². The number of para-hydroxylation sites is 1. The maximum Gasteiger partial charge on any atom is 0.229 e. The lowest BCUT2D eigenvalue weighted by atomic mass is 9.96. The summed E-state index contributed by atoms with van der Waals surface area (Å²) in [5.74, 6) is -0.352. The number of halogens is 2. The molecule has 3 rings (SSSR count). The Labute approximate surface area is 127 Å². The highest BCUT2D eigenvalue weighted by Gasteiger charge is 2.29. The summed E-state index contributed by atoms with van der Waals surface area (Å²) in [4.78, 5) is 13.7. The standard InChI is InChI=1S/C16H14ClFN2O/c1-20-15-5-3-2-4-11(15)14(9-16(20)21)19-13-7-6-10(18)8-12(13)17/h2-8,14,19H,9H2,1H3. The zero-order valence-corrected chi connectivity index (χ0v) is 12.2. The number of benzene rings is 2. The van der Waals surface area contributed by atoms with Gasteiger partial charge >= 0.3 is 0 Å². The average Bonchev–Trinajstić information content (AvgIpc) is 2.47. The van der Waals surface area contributed by atoms with Gasteiger partial charge in [0.25, 0.3) is 0 Å². The molecule has 1 unspecified atom stereocenters. The molecular formula is C16H14ClFN2O. The van der Waals surface area contributed by atoms with Gasteiger partial charge in [-0.2, -0.15) is 0 Å². The molecule has 0 fully saturated rings. The lowest BCUT2D eigenvalue weighted by Crippen LogP contribution is -2.35. The molecule has 0 saturated carbocycles. The highest BCUT2D eigenvalue weighted by atomic mass is 35.5. The molecule has 5 heteroatoms. The lowest BCUT2D eigenvalue weighted by Gasteiger charge is -2.32. The first-order valence-electron chi connectivity index (χ1n) is 6.63. The van der Waals surface area contributed by atoms with Gasteiger partial charge in [-0.25, -0.2) is 4.39 Å². The fraction of sp³-hybridized carbons (Fsp3) is 0.188. The van der Waals surface area contributed by atoms with Crippen molar-refractivity contribution in [2.45, 2.75) is 12.5 Å². The van der Waals surface area contributed by atoms with Gasteiger partial charge in [0.05, 0.1) is 23.2 Å². The first-order valence-corrected chi connectivity index (χ1v) is 7.01. The first-order chi connectivity index (χ1) is 10.1. The van der Waals surface area contributed by atoms with E-state index in [9.17, 15) is 9.18 Å². The summed E-state index contributed by atoms with van der Waals surface area (Å²) >= 11 is 6.04. The molecule has 0 aromatic heterocycles. The van der Waals surface area contributed by atoms with Crippen molar-refractivity contribution in [1.29, 1.82) is 0 Å². The van der Waals surface area contributed by atoms with Gasteiger partial charge in [0.15, 0.2) is 0 Å². The molecular weight excluding hydrogens is 291 g/mol. The largest absolute Gasteiger partial charge is 0.376 e. The van der Waals surface area contributed by atoms with E-state index in [1.54, 1.807) is 18.0 Å². The maximum absolute atomic E-state index is 13.1. The van der Waals surface area contributed by atoms with E-state index < -0.39 is 0 Å². The molecule has 0 bridgehead atoms. The Morgan fingerprint density at radius 3 is 2.81 bits per heavy atom. The zero-order valence-electron chi connectivity index (χ0n) is 11.4. The molecule has 2 aromatic rings. The molecule has 0 radical (unpaired) electrons. The predicted octanol–water partition coefficient (Wildman–Crippen LogP) is 4.00. The summed E-state index contributed by atoms with van der Waals surface area (Å²) in [6.45, 7) is 0. The number of fused-ring (bicyclic) bond motifs is 1. The lowest BCUT2D eigenvalue weighted by molar-refractivity contribution is -0.118. The third kappa shape index (κ3) is 2.59. The van der Waals surface area contributed by atoms with E-state index in [1.807, 2.05) is 24.3 Å². The molecule has 2 aromatic carbocycles. The number of amides is 1. The smallest absolute Gasteiger partial charge is 0.229 e.